The van der Waals surface area contributed by atoms with E-state index in [0.29, 0.717) is 0 Å². The van der Waals surface area contributed by atoms with E-state index in [1.807, 2.05) is 0 Å². The number of carboxylic acid groups (broad SMARTS) is 1. The monoisotopic (exact) mass is 236 g/mol. The van der Waals surface area contributed by atoms with Crippen LogP contribution in [0.4, 0.5) is 5.95 Å². The molecule has 0 fully saturated rings. The van der Waals surface area contributed by atoms with Crippen molar-refractivity contribution in [2.24, 2.45) is 0 Å². The number of carboxylic acids is 1. The first kappa shape index (κ1) is 10.9. The molecule has 0 atom stereocenters. The molecule has 0 amide bonds. The lowest BCUT2D eigenvalue weighted by Gasteiger charge is -2.02. The molecule has 1 aromatic heterocycles. The molecule has 0 spiro atoms. The third-order valence-corrected chi connectivity index (χ3v) is 1.54. The Morgan fingerprint density at radius 2 is 1.86 bits per heavy atom. The van der Waals surface area contributed by atoms with Gasteiger partial charge < -0.3 is 10.4 Å². The van der Waals surface area contributed by atoms with Crippen LogP contribution in [0.2, 0.25) is 10.6 Å². The van der Waals surface area contributed by atoms with Gasteiger partial charge in [0.1, 0.15) is 0 Å². The number of hydrogen-bond donors (Lipinski definition) is 2. The van der Waals surface area contributed by atoms with E-state index in [9.17, 15) is 4.79 Å². The highest BCUT2D eigenvalue weighted by Crippen LogP contribution is 2.09. The topological polar surface area (TPSA) is 88.0 Å². The summed E-state index contributed by atoms with van der Waals surface area (Å²) < 4.78 is 0. The van der Waals surface area contributed by atoms with Gasteiger partial charge in [0.05, 0.1) is 6.42 Å². The third-order valence-electron chi connectivity index (χ3n) is 1.20. The van der Waals surface area contributed by atoms with E-state index in [1.54, 1.807) is 0 Å². The number of halogens is 2. The molecule has 0 aliphatic rings. The highest BCUT2D eigenvalue weighted by Gasteiger charge is 2.03. The maximum Gasteiger partial charge on any atom is 0.305 e. The van der Waals surface area contributed by atoms with Crippen molar-refractivity contribution in [3.63, 3.8) is 0 Å². The van der Waals surface area contributed by atoms with E-state index in [-0.39, 0.29) is 29.5 Å². The van der Waals surface area contributed by atoms with E-state index < -0.39 is 5.97 Å². The molecular weight excluding hydrogens is 231 g/mol. The summed E-state index contributed by atoms with van der Waals surface area (Å²) in [5.74, 6) is -0.750. The molecule has 8 heteroatoms. The second kappa shape index (κ2) is 4.92. The van der Waals surface area contributed by atoms with Gasteiger partial charge in [-0.15, -0.1) is 0 Å². The lowest BCUT2D eigenvalue weighted by Crippen LogP contribution is -2.10. The smallest absolute Gasteiger partial charge is 0.305 e. The number of rotatable bonds is 4. The Balaban J connectivity index is 2.54. The van der Waals surface area contributed by atoms with Crippen molar-refractivity contribution < 1.29 is 9.90 Å². The van der Waals surface area contributed by atoms with Crippen LogP contribution in [-0.4, -0.2) is 32.6 Å². The Hall–Kier alpha value is -1.14. The zero-order valence-electron chi connectivity index (χ0n) is 6.87. The predicted molar refractivity (Wildman–Crippen MR) is 50.6 cm³/mol. The minimum absolute atomic E-state index is 0.0391. The standard InChI is InChI=1S/C6H6Cl2N4O2/c7-4-10-5(8)12-6(11-4)9-2-1-3(13)14/h1-2H2,(H,13,14)(H,9,10,11,12). The second-order valence-electron chi connectivity index (χ2n) is 2.27. The number of hydrogen-bond acceptors (Lipinski definition) is 5. The molecule has 1 rings (SSSR count). The zero-order chi connectivity index (χ0) is 10.6. The van der Waals surface area contributed by atoms with Crippen LogP contribution in [-0.2, 0) is 4.79 Å². The maximum absolute atomic E-state index is 10.2. The third kappa shape index (κ3) is 3.71. The number of anilines is 1. The summed E-state index contributed by atoms with van der Waals surface area (Å²) >= 11 is 11.0. The number of aromatic nitrogens is 3. The second-order valence-corrected chi connectivity index (χ2v) is 2.94. The van der Waals surface area contributed by atoms with Gasteiger partial charge in [-0.1, -0.05) is 0 Å². The molecule has 0 saturated heterocycles. The predicted octanol–water partition coefficient (Wildman–Crippen LogP) is 1.06. The molecule has 6 nitrogen and oxygen atoms in total. The lowest BCUT2D eigenvalue weighted by atomic mass is 10.4. The van der Waals surface area contributed by atoms with Gasteiger partial charge in [0.2, 0.25) is 16.5 Å². The molecule has 0 aliphatic carbocycles. The number of carbonyl (C=O) groups is 1. The van der Waals surface area contributed by atoms with Crippen LogP contribution in [0.25, 0.3) is 0 Å². The van der Waals surface area contributed by atoms with E-state index in [4.69, 9.17) is 28.3 Å². The highest BCUT2D eigenvalue weighted by atomic mass is 35.5. The Morgan fingerprint density at radius 3 is 2.36 bits per heavy atom. The summed E-state index contributed by atoms with van der Waals surface area (Å²) in [5.41, 5.74) is 0. The van der Waals surface area contributed by atoms with Crippen LogP contribution in [0.3, 0.4) is 0 Å². The minimum Gasteiger partial charge on any atom is -0.481 e. The van der Waals surface area contributed by atoms with Crippen LogP contribution in [0.15, 0.2) is 0 Å². The lowest BCUT2D eigenvalue weighted by molar-refractivity contribution is -0.136. The molecule has 0 aliphatic heterocycles. The van der Waals surface area contributed by atoms with Gasteiger partial charge >= 0.3 is 5.97 Å². The molecule has 2 N–H and O–H groups in total. The van der Waals surface area contributed by atoms with Gasteiger partial charge in [0.15, 0.2) is 0 Å². The molecule has 76 valence electrons. The van der Waals surface area contributed by atoms with Crippen LogP contribution < -0.4 is 5.32 Å². The van der Waals surface area contributed by atoms with Crippen molar-refractivity contribution in [3.05, 3.63) is 10.6 Å². The van der Waals surface area contributed by atoms with Gasteiger partial charge in [0, 0.05) is 6.54 Å². The minimum atomic E-state index is -0.913. The first-order valence-electron chi connectivity index (χ1n) is 3.60. The Kier molecular flexibility index (Phi) is 3.84. The summed E-state index contributed by atoms with van der Waals surface area (Å²) in [7, 11) is 0. The Morgan fingerprint density at radius 1 is 1.29 bits per heavy atom. The van der Waals surface area contributed by atoms with Crippen LogP contribution in [0.1, 0.15) is 6.42 Å². The molecule has 0 radical (unpaired) electrons. The molecular formula is C6H6Cl2N4O2. The summed E-state index contributed by atoms with van der Waals surface area (Å²) in [6.07, 6.45) is -0.0408. The van der Waals surface area contributed by atoms with Crippen LogP contribution in [0.5, 0.6) is 0 Å². The van der Waals surface area contributed by atoms with Gasteiger partial charge in [0.25, 0.3) is 0 Å². The average Bonchev–Trinajstić information content (AvgIpc) is 2.01. The van der Waals surface area contributed by atoms with Crippen molar-refractivity contribution in [3.8, 4) is 0 Å². The largest absolute Gasteiger partial charge is 0.481 e. The Labute approximate surface area is 89.3 Å². The summed E-state index contributed by atoms with van der Waals surface area (Å²) in [6, 6.07) is 0. The highest BCUT2D eigenvalue weighted by molar-refractivity contribution is 6.31. The fourth-order valence-electron chi connectivity index (χ4n) is 0.686. The fraction of sp³-hybridized carbons (Fsp3) is 0.333. The molecule has 1 aromatic rings. The average molecular weight is 237 g/mol. The normalized spacial score (nSPS) is 9.86. The van der Waals surface area contributed by atoms with Crippen LogP contribution >= 0.6 is 23.2 Å². The van der Waals surface area contributed by atoms with Crippen molar-refractivity contribution in [2.45, 2.75) is 6.42 Å². The maximum atomic E-state index is 10.2. The van der Waals surface area contributed by atoms with E-state index in [0.717, 1.165) is 0 Å². The molecule has 0 bridgehead atoms. The molecule has 1 heterocycles. The summed E-state index contributed by atoms with van der Waals surface area (Å²) in [4.78, 5) is 21.1. The molecule has 0 unspecified atom stereocenters. The fourth-order valence-corrected chi connectivity index (χ4v) is 1.05. The van der Waals surface area contributed by atoms with Gasteiger partial charge in [-0.2, -0.15) is 15.0 Å². The summed E-state index contributed by atoms with van der Waals surface area (Å²) in [6.45, 7) is 0.200. The molecule has 14 heavy (non-hydrogen) atoms. The van der Waals surface area contributed by atoms with Gasteiger partial charge in [-0.05, 0) is 23.2 Å². The van der Waals surface area contributed by atoms with E-state index in [1.165, 1.54) is 0 Å². The Bertz CT molecular complexity index is 326. The van der Waals surface area contributed by atoms with E-state index in [2.05, 4.69) is 20.3 Å². The zero-order valence-corrected chi connectivity index (χ0v) is 8.38. The van der Waals surface area contributed by atoms with Crippen molar-refractivity contribution in [1.82, 2.24) is 15.0 Å². The number of nitrogens with one attached hydrogen (secondary N) is 1. The first-order chi connectivity index (χ1) is 6.58. The van der Waals surface area contributed by atoms with Crippen LogP contribution in [0, 0.1) is 0 Å². The first-order valence-corrected chi connectivity index (χ1v) is 4.36. The van der Waals surface area contributed by atoms with Gasteiger partial charge in [-0.3, -0.25) is 4.79 Å². The van der Waals surface area contributed by atoms with Crippen molar-refractivity contribution >= 4 is 35.1 Å². The number of aliphatic carboxylic acids is 1. The quantitative estimate of drug-likeness (QED) is 0.814. The van der Waals surface area contributed by atoms with Crippen molar-refractivity contribution in [2.75, 3.05) is 11.9 Å². The molecule has 0 aromatic carbocycles. The SMILES string of the molecule is O=C(O)CCNc1nc(Cl)nc(Cl)n1. The van der Waals surface area contributed by atoms with Gasteiger partial charge in [-0.25, -0.2) is 0 Å². The van der Waals surface area contributed by atoms with Crippen molar-refractivity contribution in [1.29, 1.82) is 0 Å². The summed E-state index contributed by atoms with van der Waals surface area (Å²) in [5, 5.41) is 10.9. The molecule has 0 saturated carbocycles. The number of nitrogens with zero attached hydrogens (tertiary/aromatic N) is 3. The van der Waals surface area contributed by atoms with E-state index >= 15 is 0 Å².